The molecule has 1 amide bonds. The Balaban J connectivity index is 2.15. The molecule has 1 saturated heterocycles. The van der Waals surface area contributed by atoms with E-state index >= 15 is 0 Å². The van der Waals surface area contributed by atoms with Crippen molar-refractivity contribution in [3.63, 3.8) is 0 Å². The molecule has 1 aromatic rings. The van der Waals surface area contributed by atoms with Gasteiger partial charge >= 0.3 is 0 Å². The van der Waals surface area contributed by atoms with Crippen molar-refractivity contribution in [1.29, 1.82) is 0 Å². The number of nitrogens with one attached hydrogen (secondary N) is 1. The van der Waals surface area contributed by atoms with E-state index in [0.29, 0.717) is 30.5 Å². The van der Waals surface area contributed by atoms with Gasteiger partial charge in [-0.2, -0.15) is 0 Å². The van der Waals surface area contributed by atoms with E-state index in [0.717, 1.165) is 30.8 Å². The second-order valence-corrected chi connectivity index (χ2v) is 5.75. The first-order chi connectivity index (χ1) is 10.0. The van der Waals surface area contributed by atoms with Crippen LogP contribution in [0.4, 0.5) is 0 Å². The Labute approximate surface area is 126 Å². The highest BCUT2D eigenvalue weighted by Gasteiger charge is 2.26. The minimum atomic E-state index is 0.0487. The van der Waals surface area contributed by atoms with Crippen molar-refractivity contribution in [1.82, 2.24) is 10.2 Å². The van der Waals surface area contributed by atoms with Crippen molar-refractivity contribution in [2.45, 2.75) is 39.7 Å². The molecule has 5 heteroatoms. The maximum absolute atomic E-state index is 12.9. The fourth-order valence-electron chi connectivity index (χ4n) is 2.92. The van der Waals surface area contributed by atoms with Crippen LogP contribution in [-0.2, 0) is 4.74 Å². The normalized spacial score (nSPS) is 18.2. The van der Waals surface area contributed by atoms with E-state index in [1.165, 1.54) is 6.42 Å². The summed E-state index contributed by atoms with van der Waals surface area (Å²) < 4.78 is 10.7. The van der Waals surface area contributed by atoms with Crippen LogP contribution in [0.15, 0.2) is 4.42 Å². The van der Waals surface area contributed by atoms with E-state index in [9.17, 15) is 4.79 Å². The summed E-state index contributed by atoms with van der Waals surface area (Å²) in [4.78, 5) is 14.8. The van der Waals surface area contributed by atoms with Crippen LogP contribution in [0.2, 0.25) is 0 Å². The number of aryl methyl sites for hydroxylation is 2. The highest BCUT2D eigenvalue weighted by Crippen LogP contribution is 2.23. The maximum atomic E-state index is 12.9. The lowest BCUT2D eigenvalue weighted by atomic mass is 10.1. The van der Waals surface area contributed by atoms with Crippen LogP contribution in [0.3, 0.4) is 0 Å². The third kappa shape index (κ3) is 3.66. The van der Waals surface area contributed by atoms with Gasteiger partial charge in [-0.15, -0.1) is 0 Å². The molecule has 1 atom stereocenters. The van der Waals surface area contributed by atoms with Crippen LogP contribution in [0.25, 0.3) is 0 Å². The Morgan fingerprint density at radius 2 is 2.14 bits per heavy atom. The average molecular weight is 294 g/mol. The van der Waals surface area contributed by atoms with Crippen molar-refractivity contribution < 1.29 is 13.9 Å². The van der Waals surface area contributed by atoms with Gasteiger partial charge in [0.2, 0.25) is 0 Å². The fraction of sp³-hybridized carbons (Fsp3) is 0.688. The summed E-state index contributed by atoms with van der Waals surface area (Å²) in [6, 6.07) is 0.388. The highest BCUT2D eigenvalue weighted by molar-refractivity contribution is 5.96. The number of rotatable bonds is 6. The van der Waals surface area contributed by atoms with Crippen molar-refractivity contribution in [3.05, 3.63) is 22.6 Å². The summed E-state index contributed by atoms with van der Waals surface area (Å²) in [5, 5.41) is 3.45. The monoisotopic (exact) mass is 294 g/mol. The molecule has 1 N–H and O–H groups in total. The van der Waals surface area contributed by atoms with Crippen LogP contribution in [0, 0.1) is 20.8 Å². The minimum Gasteiger partial charge on any atom is -0.466 e. The lowest BCUT2D eigenvalue weighted by Crippen LogP contribution is -2.43. The number of hydrogen-bond acceptors (Lipinski definition) is 4. The smallest absolute Gasteiger partial charge is 0.257 e. The molecule has 0 aliphatic carbocycles. The van der Waals surface area contributed by atoms with E-state index in [4.69, 9.17) is 9.15 Å². The second-order valence-electron chi connectivity index (χ2n) is 5.75. The minimum absolute atomic E-state index is 0.0487. The second kappa shape index (κ2) is 7.09. The van der Waals surface area contributed by atoms with E-state index < -0.39 is 0 Å². The molecule has 1 aliphatic rings. The van der Waals surface area contributed by atoms with Gasteiger partial charge in [0, 0.05) is 31.8 Å². The number of furan rings is 1. The summed E-state index contributed by atoms with van der Waals surface area (Å²) >= 11 is 0. The highest BCUT2D eigenvalue weighted by atomic mass is 16.5. The van der Waals surface area contributed by atoms with Crippen molar-refractivity contribution >= 4 is 5.91 Å². The largest absolute Gasteiger partial charge is 0.466 e. The van der Waals surface area contributed by atoms with Gasteiger partial charge < -0.3 is 19.4 Å². The number of methoxy groups -OCH3 is 1. The molecule has 1 aromatic heterocycles. The molecule has 1 unspecified atom stereocenters. The van der Waals surface area contributed by atoms with Crippen molar-refractivity contribution in [3.8, 4) is 0 Å². The van der Waals surface area contributed by atoms with Crippen LogP contribution in [0.5, 0.6) is 0 Å². The van der Waals surface area contributed by atoms with Crippen LogP contribution >= 0.6 is 0 Å². The zero-order valence-corrected chi connectivity index (χ0v) is 13.5. The Hall–Kier alpha value is -1.33. The number of carbonyl (C=O) groups is 1. The Morgan fingerprint density at radius 1 is 1.38 bits per heavy atom. The molecule has 21 heavy (non-hydrogen) atoms. The third-order valence-corrected chi connectivity index (χ3v) is 4.23. The number of hydrogen-bond donors (Lipinski definition) is 1. The molecule has 2 heterocycles. The van der Waals surface area contributed by atoms with E-state index in [-0.39, 0.29) is 5.91 Å². The Morgan fingerprint density at radius 3 is 2.67 bits per heavy atom. The van der Waals surface area contributed by atoms with Crippen molar-refractivity contribution in [2.75, 3.05) is 33.4 Å². The van der Waals surface area contributed by atoms with Gasteiger partial charge in [0.15, 0.2) is 0 Å². The first-order valence-electron chi connectivity index (χ1n) is 7.62. The lowest BCUT2D eigenvalue weighted by molar-refractivity contribution is 0.0677. The Kier molecular flexibility index (Phi) is 5.42. The predicted molar refractivity (Wildman–Crippen MR) is 81.7 cm³/mol. The van der Waals surface area contributed by atoms with Gasteiger partial charge in [-0.05, 0) is 40.2 Å². The molecular formula is C16H26N2O3. The van der Waals surface area contributed by atoms with Crippen LogP contribution in [0.1, 0.15) is 40.3 Å². The van der Waals surface area contributed by atoms with E-state index in [1.54, 1.807) is 7.11 Å². The van der Waals surface area contributed by atoms with Gasteiger partial charge in [-0.25, -0.2) is 0 Å². The molecule has 0 bridgehead atoms. The summed E-state index contributed by atoms with van der Waals surface area (Å²) in [7, 11) is 1.66. The van der Waals surface area contributed by atoms with Crippen LogP contribution < -0.4 is 5.32 Å². The summed E-state index contributed by atoms with van der Waals surface area (Å²) in [6.07, 6.45) is 2.30. The maximum Gasteiger partial charge on any atom is 0.257 e. The molecule has 1 fully saturated rings. The summed E-state index contributed by atoms with van der Waals surface area (Å²) in [5.74, 6) is 1.57. The standard InChI is InChI=1S/C16H26N2O3/c1-11-12(2)21-13(3)15(11)16(19)18(8-9-20-4)10-14-6-5-7-17-14/h14,17H,5-10H2,1-4H3. The van der Waals surface area contributed by atoms with Crippen LogP contribution in [-0.4, -0.2) is 50.2 Å². The molecule has 0 radical (unpaired) electrons. The lowest BCUT2D eigenvalue weighted by Gasteiger charge is -2.26. The first-order valence-corrected chi connectivity index (χ1v) is 7.62. The zero-order valence-electron chi connectivity index (χ0n) is 13.5. The molecule has 118 valence electrons. The molecule has 1 aliphatic heterocycles. The quantitative estimate of drug-likeness (QED) is 0.872. The molecule has 0 aromatic carbocycles. The predicted octanol–water partition coefficient (Wildman–Crippen LogP) is 2.05. The fourth-order valence-corrected chi connectivity index (χ4v) is 2.92. The molecule has 5 nitrogen and oxygen atoms in total. The van der Waals surface area contributed by atoms with E-state index in [2.05, 4.69) is 5.32 Å². The number of carbonyl (C=O) groups excluding carboxylic acids is 1. The van der Waals surface area contributed by atoms with Gasteiger partial charge in [-0.3, -0.25) is 4.79 Å². The van der Waals surface area contributed by atoms with E-state index in [1.807, 2.05) is 25.7 Å². The molecule has 0 spiro atoms. The van der Waals surface area contributed by atoms with Gasteiger partial charge in [0.05, 0.1) is 12.2 Å². The summed E-state index contributed by atoms with van der Waals surface area (Å²) in [6.45, 7) is 8.63. The average Bonchev–Trinajstić information content (AvgIpc) is 3.03. The van der Waals surface area contributed by atoms with Gasteiger partial charge in [-0.1, -0.05) is 0 Å². The first kappa shape index (κ1) is 16.0. The SMILES string of the molecule is COCCN(CC1CCCN1)C(=O)c1c(C)oc(C)c1C. The number of amides is 1. The number of ether oxygens (including phenoxy) is 1. The van der Waals surface area contributed by atoms with Gasteiger partial charge in [0.25, 0.3) is 5.91 Å². The zero-order chi connectivity index (χ0) is 15.4. The summed E-state index contributed by atoms with van der Waals surface area (Å²) in [5.41, 5.74) is 1.65. The van der Waals surface area contributed by atoms with Crippen molar-refractivity contribution in [2.24, 2.45) is 0 Å². The molecule has 0 saturated carbocycles. The molecule has 2 rings (SSSR count). The Bertz CT molecular complexity index is 490. The number of nitrogens with zero attached hydrogens (tertiary/aromatic N) is 1. The topological polar surface area (TPSA) is 54.7 Å². The molecular weight excluding hydrogens is 268 g/mol. The van der Waals surface area contributed by atoms with Gasteiger partial charge in [0.1, 0.15) is 11.5 Å². The third-order valence-electron chi connectivity index (χ3n) is 4.23.